The second-order valence-corrected chi connectivity index (χ2v) is 8.49. The first kappa shape index (κ1) is 18.2. The molecule has 1 amide bonds. The van der Waals surface area contributed by atoms with Gasteiger partial charge in [-0.1, -0.05) is 0 Å². The van der Waals surface area contributed by atoms with E-state index in [1.54, 1.807) is 0 Å². The lowest BCUT2D eigenvalue weighted by Crippen LogP contribution is -2.39. The third-order valence-electron chi connectivity index (χ3n) is 4.34. The van der Waals surface area contributed by atoms with Gasteiger partial charge in [0.15, 0.2) is 5.69 Å². The van der Waals surface area contributed by atoms with E-state index in [0.717, 1.165) is 16.9 Å². The molecule has 1 aliphatic heterocycles. The normalized spacial score (nSPS) is 20.5. The zero-order valence-corrected chi connectivity index (χ0v) is 14.3. The molecule has 140 valence electrons. The Hall–Kier alpha value is -1.62. The number of hydrogen-bond donors (Lipinski definition) is 0. The van der Waals surface area contributed by atoms with Gasteiger partial charge in [0.1, 0.15) is 6.54 Å². The van der Waals surface area contributed by atoms with Crippen molar-refractivity contribution in [1.29, 1.82) is 0 Å². The second-order valence-electron chi connectivity index (χ2n) is 6.27. The molecule has 25 heavy (non-hydrogen) atoms. The number of sulfonamides is 1. The summed E-state index contributed by atoms with van der Waals surface area (Å²) in [4.78, 5) is 13.8. The molecule has 7 nitrogen and oxygen atoms in total. The van der Waals surface area contributed by atoms with E-state index in [1.165, 1.54) is 9.21 Å². The molecule has 0 radical (unpaired) electrons. The molecule has 1 aromatic rings. The molecule has 2 fully saturated rings. The lowest BCUT2D eigenvalue weighted by Gasteiger charge is -2.22. The van der Waals surface area contributed by atoms with Crippen LogP contribution in [0, 0.1) is 0 Å². The van der Waals surface area contributed by atoms with Crippen molar-refractivity contribution in [2.24, 2.45) is 0 Å². The van der Waals surface area contributed by atoms with Crippen molar-refractivity contribution in [3.8, 4) is 0 Å². The lowest BCUT2D eigenvalue weighted by atomic mass is 10.4. The average molecular weight is 380 g/mol. The number of nitrogens with zero attached hydrogens (tertiary/aromatic N) is 4. The number of hydrogen-bond acceptors (Lipinski definition) is 4. The molecule has 0 aromatic carbocycles. The highest BCUT2D eigenvalue weighted by molar-refractivity contribution is 7.90. The van der Waals surface area contributed by atoms with Gasteiger partial charge in [-0.3, -0.25) is 9.48 Å². The molecule has 1 saturated heterocycles. The number of halogens is 3. The number of carbonyl (C=O) groups is 1. The number of alkyl halides is 3. The quantitative estimate of drug-likeness (QED) is 0.779. The summed E-state index contributed by atoms with van der Waals surface area (Å²) in [5.74, 6) is -0.373. The molecule has 2 aliphatic rings. The van der Waals surface area contributed by atoms with Gasteiger partial charge in [-0.2, -0.15) is 22.6 Å². The maximum absolute atomic E-state index is 12.5. The predicted octanol–water partition coefficient (Wildman–Crippen LogP) is 0.928. The van der Waals surface area contributed by atoms with E-state index in [2.05, 4.69) is 5.10 Å². The van der Waals surface area contributed by atoms with Gasteiger partial charge in [-0.05, 0) is 25.3 Å². The van der Waals surface area contributed by atoms with Gasteiger partial charge in [0, 0.05) is 32.4 Å². The number of amides is 1. The molecule has 0 spiro atoms. The Balaban J connectivity index is 1.59. The summed E-state index contributed by atoms with van der Waals surface area (Å²) < 4.78 is 64.5. The Bertz CT molecular complexity index is 743. The highest BCUT2D eigenvalue weighted by Gasteiger charge is 2.40. The Morgan fingerprint density at radius 2 is 1.92 bits per heavy atom. The summed E-state index contributed by atoms with van der Waals surface area (Å²) in [7, 11) is -3.28. The molecule has 11 heteroatoms. The monoisotopic (exact) mass is 380 g/mol. The van der Waals surface area contributed by atoms with Gasteiger partial charge < -0.3 is 4.90 Å². The molecule has 0 atom stereocenters. The first-order valence-corrected chi connectivity index (χ1v) is 9.55. The van der Waals surface area contributed by atoms with Crippen LogP contribution in [0.4, 0.5) is 13.2 Å². The van der Waals surface area contributed by atoms with Crippen molar-refractivity contribution < 1.29 is 26.4 Å². The van der Waals surface area contributed by atoms with Crippen LogP contribution in [-0.2, 0) is 27.5 Å². The van der Waals surface area contributed by atoms with Gasteiger partial charge in [0.05, 0.1) is 5.25 Å². The van der Waals surface area contributed by atoms with Gasteiger partial charge in [0.2, 0.25) is 15.9 Å². The van der Waals surface area contributed by atoms with Crippen LogP contribution in [0.15, 0.2) is 12.3 Å². The molecule has 0 N–H and O–H groups in total. The molecule has 0 bridgehead atoms. The van der Waals surface area contributed by atoms with E-state index in [1.807, 2.05) is 0 Å². The van der Waals surface area contributed by atoms with Crippen LogP contribution in [0.1, 0.15) is 25.0 Å². The molecule has 2 heterocycles. The van der Waals surface area contributed by atoms with E-state index < -0.39 is 21.9 Å². The summed E-state index contributed by atoms with van der Waals surface area (Å²) in [6, 6.07) is 0.819. The smallest absolute Gasteiger partial charge is 0.340 e. The largest absolute Gasteiger partial charge is 0.435 e. The Kier molecular flexibility index (Phi) is 4.80. The highest BCUT2D eigenvalue weighted by atomic mass is 32.2. The van der Waals surface area contributed by atoms with Gasteiger partial charge in [-0.25, -0.2) is 8.42 Å². The molecule has 1 aromatic heterocycles. The van der Waals surface area contributed by atoms with E-state index in [0.29, 0.717) is 32.4 Å². The molecule has 3 rings (SSSR count). The molecule has 1 aliphatic carbocycles. The minimum atomic E-state index is -4.55. The summed E-state index contributed by atoms with van der Waals surface area (Å²) in [5, 5.41) is 3.07. The van der Waals surface area contributed by atoms with Crippen molar-refractivity contribution in [2.75, 3.05) is 26.2 Å². The van der Waals surface area contributed by atoms with Crippen LogP contribution in [0.5, 0.6) is 0 Å². The Morgan fingerprint density at radius 3 is 2.52 bits per heavy atom. The fourth-order valence-electron chi connectivity index (χ4n) is 2.81. The second kappa shape index (κ2) is 6.60. The highest BCUT2D eigenvalue weighted by Crippen LogP contribution is 2.31. The Labute approximate surface area is 143 Å². The maximum Gasteiger partial charge on any atom is 0.435 e. The van der Waals surface area contributed by atoms with E-state index in [4.69, 9.17) is 0 Å². The van der Waals surface area contributed by atoms with E-state index in [-0.39, 0.29) is 30.8 Å². The summed E-state index contributed by atoms with van der Waals surface area (Å²) >= 11 is 0. The van der Waals surface area contributed by atoms with Crippen LogP contribution in [-0.4, -0.2) is 64.7 Å². The SMILES string of the molecule is O=C(Cn1ccc(C(F)(F)F)n1)N1CCCN(S(=O)(=O)C2CC2)CC1. The maximum atomic E-state index is 12.5. The van der Waals surface area contributed by atoms with Gasteiger partial charge in [0.25, 0.3) is 0 Å². The molecular formula is C14H19F3N4O3S. The summed E-state index contributed by atoms with van der Waals surface area (Å²) in [5.41, 5.74) is -1.04. The predicted molar refractivity (Wildman–Crippen MR) is 81.9 cm³/mol. The van der Waals surface area contributed by atoms with E-state index in [9.17, 15) is 26.4 Å². The van der Waals surface area contributed by atoms with Crippen molar-refractivity contribution >= 4 is 15.9 Å². The minimum absolute atomic E-state index is 0.220. The first-order chi connectivity index (χ1) is 11.7. The van der Waals surface area contributed by atoms with Crippen LogP contribution in [0.3, 0.4) is 0 Å². The van der Waals surface area contributed by atoms with Crippen molar-refractivity contribution in [3.05, 3.63) is 18.0 Å². The number of aromatic nitrogens is 2. The fraction of sp³-hybridized carbons (Fsp3) is 0.714. The zero-order chi connectivity index (χ0) is 18.2. The Morgan fingerprint density at radius 1 is 1.20 bits per heavy atom. The van der Waals surface area contributed by atoms with Crippen LogP contribution < -0.4 is 0 Å². The minimum Gasteiger partial charge on any atom is -0.340 e. The van der Waals surface area contributed by atoms with Gasteiger partial charge in [-0.15, -0.1) is 0 Å². The van der Waals surface area contributed by atoms with Crippen LogP contribution in [0.25, 0.3) is 0 Å². The fourth-order valence-corrected chi connectivity index (χ4v) is 4.69. The first-order valence-electron chi connectivity index (χ1n) is 8.05. The lowest BCUT2D eigenvalue weighted by molar-refractivity contribution is -0.142. The average Bonchev–Trinajstić information content (AvgIpc) is 3.31. The number of carbonyl (C=O) groups excluding carboxylic acids is 1. The molecule has 1 saturated carbocycles. The molecular weight excluding hydrogens is 361 g/mol. The topological polar surface area (TPSA) is 75.5 Å². The van der Waals surface area contributed by atoms with Crippen LogP contribution >= 0.6 is 0 Å². The summed E-state index contributed by atoms with van der Waals surface area (Å²) in [6.07, 6.45) is -1.56. The standard InChI is InChI=1S/C14H19F3N4O3S/c15-14(16,17)12-4-7-20(18-12)10-13(22)19-5-1-6-21(9-8-19)25(23,24)11-2-3-11/h4,7,11H,1-3,5-6,8-10H2. The van der Waals surface area contributed by atoms with E-state index >= 15 is 0 Å². The van der Waals surface area contributed by atoms with Crippen molar-refractivity contribution in [2.45, 2.75) is 37.2 Å². The third kappa shape index (κ3) is 4.14. The summed E-state index contributed by atoms with van der Waals surface area (Å²) in [6.45, 7) is 0.895. The number of rotatable bonds is 4. The third-order valence-corrected chi connectivity index (χ3v) is 6.74. The van der Waals surface area contributed by atoms with Gasteiger partial charge >= 0.3 is 6.18 Å². The van der Waals surface area contributed by atoms with Crippen molar-refractivity contribution in [3.63, 3.8) is 0 Å². The van der Waals surface area contributed by atoms with Crippen molar-refractivity contribution in [1.82, 2.24) is 19.0 Å². The molecule has 0 unspecified atom stereocenters. The zero-order valence-electron chi connectivity index (χ0n) is 13.4. The van der Waals surface area contributed by atoms with Crippen LogP contribution in [0.2, 0.25) is 0 Å².